The van der Waals surface area contributed by atoms with Crippen LogP contribution in [-0.4, -0.2) is 22.4 Å². The molecule has 1 heterocycles. The van der Waals surface area contributed by atoms with Gasteiger partial charge < -0.3 is 5.32 Å². The summed E-state index contributed by atoms with van der Waals surface area (Å²) in [4.78, 5) is 0. The van der Waals surface area contributed by atoms with Gasteiger partial charge in [-0.05, 0) is 57.1 Å². The first-order valence-corrected chi connectivity index (χ1v) is 9.06. The summed E-state index contributed by atoms with van der Waals surface area (Å²) in [5.41, 5.74) is 1.49. The lowest BCUT2D eigenvalue weighted by Crippen LogP contribution is -2.34. The quantitative estimate of drug-likeness (QED) is 0.823. The predicted octanol–water partition coefficient (Wildman–Crippen LogP) is 3.96. The van der Waals surface area contributed by atoms with Gasteiger partial charge in [0, 0.05) is 30.4 Å². The van der Waals surface area contributed by atoms with Crippen LogP contribution in [0.5, 0.6) is 0 Å². The van der Waals surface area contributed by atoms with Crippen LogP contribution in [0, 0.1) is 11.8 Å². The fraction of sp³-hybridized carbons (Fsp3) is 0.833. The minimum Gasteiger partial charge on any atom is -0.314 e. The second kappa shape index (κ2) is 6.95. The number of rotatable bonds is 7. The zero-order valence-corrected chi connectivity index (χ0v) is 13.7. The van der Waals surface area contributed by atoms with Crippen LogP contribution < -0.4 is 5.32 Å². The van der Waals surface area contributed by atoms with Crippen molar-refractivity contribution in [2.45, 2.75) is 77.3 Å². The molecule has 118 valence electrons. The van der Waals surface area contributed by atoms with Gasteiger partial charge in [0.05, 0.1) is 0 Å². The number of nitrogens with zero attached hydrogens (tertiary/aromatic N) is 2. The smallest absolute Gasteiger partial charge is 0.0492 e. The molecule has 1 aromatic rings. The molecule has 0 amide bonds. The molecule has 1 aromatic heterocycles. The Morgan fingerprint density at radius 2 is 2.10 bits per heavy atom. The summed E-state index contributed by atoms with van der Waals surface area (Å²) < 4.78 is 2.23. The number of hydrogen-bond acceptors (Lipinski definition) is 2. The number of nitrogens with one attached hydrogen (secondary N) is 1. The molecule has 3 heteroatoms. The average molecular weight is 289 g/mol. The van der Waals surface area contributed by atoms with Crippen molar-refractivity contribution in [1.29, 1.82) is 0 Å². The summed E-state index contributed by atoms with van der Waals surface area (Å²) in [6.45, 7) is 6.75. The number of hydrogen-bond donors (Lipinski definition) is 1. The van der Waals surface area contributed by atoms with Gasteiger partial charge in [-0.3, -0.25) is 4.68 Å². The van der Waals surface area contributed by atoms with Crippen molar-refractivity contribution >= 4 is 0 Å². The molecule has 3 nitrogen and oxygen atoms in total. The van der Waals surface area contributed by atoms with Crippen molar-refractivity contribution in [3.8, 4) is 0 Å². The van der Waals surface area contributed by atoms with Gasteiger partial charge in [0.1, 0.15) is 0 Å². The third kappa shape index (κ3) is 3.68. The monoisotopic (exact) mass is 289 g/mol. The highest BCUT2D eigenvalue weighted by molar-refractivity contribution is 5.12. The van der Waals surface area contributed by atoms with E-state index < -0.39 is 0 Å². The molecule has 2 aliphatic rings. The van der Waals surface area contributed by atoms with Gasteiger partial charge in [0.15, 0.2) is 0 Å². The van der Waals surface area contributed by atoms with Gasteiger partial charge in [-0.1, -0.05) is 26.2 Å². The third-order valence-electron chi connectivity index (χ3n) is 5.47. The molecule has 0 radical (unpaired) electrons. The maximum absolute atomic E-state index is 4.52. The van der Waals surface area contributed by atoms with Crippen LogP contribution in [0.4, 0.5) is 0 Å². The summed E-state index contributed by atoms with van der Waals surface area (Å²) in [5.74, 6) is 2.45. The lowest BCUT2D eigenvalue weighted by atomic mass is 9.71. The van der Waals surface area contributed by atoms with Crippen molar-refractivity contribution in [2.75, 3.05) is 6.54 Å². The molecule has 0 aromatic carbocycles. The second-order valence-corrected chi connectivity index (χ2v) is 7.09. The molecule has 2 fully saturated rings. The molecule has 3 rings (SSSR count). The van der Waals surface area contributed by atoms with Crippen LogP contribution in [0.1, 0.15) is 70.4 Å². The summed E-state index contributed by atoms with van der Waals surface area (Å²) in [6.07, 6.45) is 11.7. The summed E-state index contributed by atoms with van der Waals surface area (Å²) >= 11 is 0. The molecule has 0 spiro atoms. The highest BCUT2D eigenvalue weighted by Crippen LogP contribution is 2.42. The van der Waals surface area contributed by atoms with Crippen LogP contribution in [0.15, 0.2) is 12.3 Å². The molecule has 1 N–H and O–H groups in total. The topological polar surface area (TPSA) is 29.9 Å². The predicted molar refractivity (Wildman–Crippen MR) is 87.4 cm³/mol. The van der Waals surface area contributed by atoms with Crippen molar-refractivity contribution in [2.24, 2.45) is 11.8 Å². The molecule has 3 unspecified atom stereocenters. The van der Waals surface area contributed by atoms with Crippen LogP contribution in [-0.2, 0) is 6.54 Å². The number of aromatic nitrogens is 2. The standard InChI is InChI=1S/C18H31N3/c1-3-5-14-6-7-15(13-19-16-8-9-16)17(12-14)18-10-11-20-21(18)4-2/h10-11,14-17,19H,3-9,12-13H2,1-2H3. The first-order valence-electron chi connectivity index (χ1n) is 9.06. The molecule has 2 saturated carbocycles. The largest absolute Gasteiger partial charge is 0.314 e. The summed E-state index contributed by atoms with van der Waals surface area (Å²) in [6, 6.07) is 3.10. The van der Waals surface area contributed by atoms with E-state index in [2.05, 4.69) is 35.0 Å². The highest BCUT2D eigenvalue weighted by atomic mass is 15.3. The van der Waals surface area contributed by atoms with Gasteiger partial charge in [-0.25, -0.2) is 0 Å². The zero-order valence-electron chi connectivity index (χ0n) is 13.7. The van der Waals surface area contributed by atoms with E-state index in [1.54, 1.807) is 0 Å². The average Bonchev–Trinajstić information content (AvgIpc) is 3.21. The number of aryl methyl sites for hydroxylation is 1. The van der Waals surface area contributed by atoms with Crippen molar-refractivity contribution < 1.29 is 0 Å². The lowest BCUT2D eigenvalue weighted by Gasteiger charge is -2.36. The first-order chi connectivity index (χ1) is 10.3. The molecular formula is C18H31N3. The highest BCUT2D eigenvalue weighted by Gasteiger charge is 2.34. The Morgan fingerprint density at radius 3 is 2.81 bits per heavy atom. The minimum absolute atomic E-state index is 0.712. The fourth-order valence-electron chi connectivity index (χ4n) is 4.12. The van der Waals surface area contributed by atoms with Crippen molar-refractivity contribution in [3.63, 3.8) is 0 Å². The van der Waals surface area contributed by atoms with E-state index in [0.29, 0.717) is 5.92 Å². The second-order valence-electron chi connectivity index (χ2n) is 7.09. The SMILES string of the molecule is CCCC1CCC(CNC2CC2)C(c2ccnn2CC)C1. The van der Waals surface area contributed by atoms with Crippen molar-refractivity contribution in [3.05, 3.63) is 18.0 Å². The Labute approximate surface area is 129 Å². The van der Waals surface area contributed by atoms with Gasteiger partial charge in [0.25, 0.3) is 0 Å². The van der Waals surface area contributed by atoms with E-state index in [1.165, 1.54) is 57.2 Å². The Bertz CT molecular complexity index is 435. The van der Waals surface area contributed by atoms with E-state index in [1.807, 2.05) is 6.20 Å². The van der Waals surface area contributed by atoms with E-state index in [-0.39, 0.29) is 0 Å². The van der Waals surface area contributed by atoms with Gasteiger partial charge >= 0.3 is 0 Å². The molecule has 2 aliphatic carbocycles. The summed E-state index contributed by atoms with van der Waals surface area (Å²) in [7, 11) is 0. The lowest BCUT2D eigenvalue weighted by molar-refractivity contribution is 0.212. The normalized spacial score (nSPS) is 29.7. The molecule has 0 saturated heterocycles. The maximum Gasteiger partial charge on any atom is 0.0492 e. The zero-order chi connectivity index (χ0) is 14.7. The van der Waals surface area contributed by atoms with Crippen LogP contribution in [0.25, 0.3) is 0 Å². The van der Waals surface area contributed by atoms with Gasteiger partial charge in [0.2, 0.25) is 0 Å². The Hall–Kier alpha value is -0.830. The fourth-order valence-corrected chi connectivity index (χ4v) is 4.12. The van der Waals surface area contributed by atoms with Gasteiger partial charge in [-0.2, -0.15) is 5.10 Å². The van der Waals surface area contributed by atoms with Crippen LogP contribution in [0.2, 0.25) is 0 Å². The molecule has 21 heavy (non-hydrogen) atoms. The first kappa shape index (κ1) is 15.1. The Kier molecular flexibility index (Phi) is 4.99. The maximum atomic E-state index is 4.52. The van der Waals surface area contributed by atoms with E-state index in [0.717, 1.165) is 24.4 Å². The Balaban J connectivity index is 1.71. The van der Waals surface area contributed by atoms with E-state index in [4.69, 9.17) is 0 Å². The summed E-state index contributed by atoms with van der Waals surface area (Å²) in [5, 5.41) is 8.29. The molecule has 0 bridgehead atoms. The minimum atomic E-state index is 0.712. The molecule has 0 aliphatic heterocycles. The molecular weight excluding hydrogens is 258 g/mol. The van der Waals surface area contributed by atoms with E-state index in [9.17, 15) is 0 Å². The van der Waals surface area contributed by atoms with Crippen LogP contribution in [0.3, 0.4) is 0 Å². The van der Waals surface area contributed by atoms with Crippen molar-refractivity contribution in [1.82, 2.24) is 15.1 Å². The Morgan fingerprint density at radius 1 is 1.24 bits per heavy atom. The third-order valence-corrected chi connectivity index (χ3v) is 5.47. The molecule has 3 atom stereocenters. The van der Waals surface area contributed by atoms with E-state index >= 15 is 0 Å². The van der Waals surface area contributed by atoms with Crippen LogP contribution >= 0.6 is 0 Å². The van der Waals surface area contributed by atoms with Gasteiger partial charge in [-0.15, -0.1) is 0 Å².